The van der Waals surface area contributed by atoms with Gasteiger partial charge in [0.15, 0.2) is 6.61 Å². The number of benzene rings is 3. The standard InChI is InChI=1S/C20H18O4/c1-14-4-3-5-18(10-14)23-13-20(21)24-19-9-7-15-6-8-17(22-2)11-16(15)12-19/h3-12H,13H2,1-2H3. The van der Waals surface area contributed by atoms with E-state index in [0.29, 0.717) is 11.5 Å². The summed E-state index contributed by atoms with van der Waals surface area (Å²) in [5.41, 5.74) is 1.07. The van der Waals surface area contributed by atoms with Gasteiger partial charge in [0.2, 0.25) is 0 Å². The molecule has 122 valence electrons. The number of methoxy groups -OCH3 is 1. The van der Waals surface area contributed by atoms with Crippen LogP contribution in [0.1, 0.15) is 5.56 Å². The minimum absolute atomic E-state index is 0.139. The number of hydrogen-bond donors (Lipinski definition) is 0. The van der Waals surface area contributed by atoms with Crippen molar-refractivity contribution in [1.29, 1.82) is 0 Å². The molecule has 4 nitrogen and oxygen atoms in total. The van der Waals surface area contributed by atoms with Crippen LogP contribution in [0.2, 0.25) is 0 Å². The minimum atomic E-state index is -0.446. The van der Waals surface area contributed by atoms with Crippen LogP contribution in [0.4, 0.5) is 0 Å². The number of carbonyl (C=O) groups is 1. The monoisotopic (exact) mass is 322 g/mol. The highest BCUT2D eigenvalue weighted by Crippen LogP contribution is 2.25. The Morgan fingerprint density at radius 1 is 0.875 bits per heavy atom. The van der Waals surface area contributed by atoms with Gasteiger partial charge in [0.25, 0.3) is 0 Å². The minimum Gasteiger partial charge on any atom is -0.497 e. The summed E-state index contributed by atoms with van der Waals surface area (Å²) in [4.78, 5) is 12.0. The molecule has 0 fully saturated rings. The zero-order chi connectivity index (χ0) is 16.9. The summed E-state index contributed by atoms with van der Waals surface area (Å²) in [5.74, 6) is 1.44. The van der Waals surface area contributed by atoms with Crippen molar-refractivity contribution in [3.63, 3.8) is 0 Å². The Kier molecular flexibility index (Phi) is 4.66. The molecule has 4 heteroatoms. The average molecular weight is 322 g/mol. The van der Waals surface area contributed by atoms with Gasteiger partial charge in [0.05, 0.1) is 7.11 Å². The number of aryl methyl sites for hydroxylation is 1. The van der Waals surface area contributed by atoms with Gasteiger partial charge in [-0.25, -0.2) is 4.79 Å². The highest BCUT2D eigenvalue weighted by molar-refractivity contribution is 5.86. The van der Waals surface area contributed by atoms with Crippen LogP contribution >= 0.6 is 0 Å². The van der Waals surface area contributed by atoms with Gasteiger partial charge < -0.3 is 14.2 Å². The van der Waals surface area contributed by atoms with E-state index in [-0.39, 0.29) is 6.61 Å². The fourth-order valence-corrected chi connectivity index (χ4v) is 2.40. The summed E-state index contributed by atoms with van der Waals surface area (Å²) in [6.07, 6.45) is 0. The van der Waals surface area contributed by atoms with Gasteiger partial charge in [-0.1, -0.05) is 24.3 Å². The van der Waals surface area contributed by atoms with Crippen molar-refractivity contribution in [3.05, 3.63) is 66.2 Å². The van der Waals surface area contributed by atoms with Crippen LogP contribution in [-0.2, 0) is 4.79 Å². The molecule has 24 heavy (non-hydrogen) atoms. The van der Waals surface area contributed by atoms with Gasteiger partial charge in [0.1, 0.15) is 17.2 Å². The molecule has 0 saturated heterocycles. The second kappa shape index (κ2) is 7.04. The highest BCUT2D eigenvalue weighted by atomic mass is 16.6. The van der Waals surface area contributed by atoms with Crippen LogP contribution in [-0.4, -0.2) is 19.7 Å². The van der Waals surface area contributed by atoms with Crippen molar-refractivity contribution < 1.29 is 19.0 Å². The third kappa shape index (κ3) is 3.84. The number of ether oxygens (including phenoxy) is 3. The first-order chi connectivity index (χ1) is 11.6. The number of carbonyl (C=O) groups excluding carboxylic acids is 1. The van der Waals surface area contributed by atoms with Gasteiger partial charge in [0, 0.05) is 0 Å². The summed E-state index contributed by atoms with van der Waals surface area (Å²) >= 11 is 0. The summed E-state index contributed by atoms with van der Waals surface area (Å²) in [7, 11) is 1.62. The van der Waals surface area contributed by atoms with Crippen molar-refractivity contribution in [1.82, 2.24) is 0 Å². The van der Waals surface area contributed by atoms with E-state index in [1.807, 2.05) is 61.5 Å². The normalized spacial score (nSPS) is 10.4. The molecule has 0 bridgehead atoms. The third-order valence-electron chi connectivity index (χ3n) is 3.60. The Balaban J connectivity index is 1.66. The molecule has 0 radical (unpaired) electrons. The lowest BCUT2D eigenvalue weighted by atomic mass is 10.1. The Morgan fingerprint density at radius 2 is 1.62 bits per heavy atom. The molecular weight excluding hydrogens is 304 g/mol. The van der Waals surface area contributed by atoms with Crippen LogP contribution in [0.3, 0.4) is 0 Å². The lowest BCUT2D eigenvalue weighted by Crippen LogP contribution is -2.17. The molecule has 0 aliphatic rings. The second-order valence-electron chi connectivity index (χ2n) is 5.45. The first-order valence-electron chi connectivity index (χ1n) is 7.62. The van der Waals surface area contributed by atoms with Gasteiger partial charge in [-0.05, 0) is 59.7 Å². The molecule has 0 spiro atoms. The Bertz CT molecular complexity index is 870. The number of rotatable bonds is 5. The number of fused-ring (bicyclic) bond motifs is 1. The molecule has 3 aromatic rings. The quantitative estimate of drug-likeness (QED) is 0.523. The summed E-state index contributed by atoms with van der Waals surface area (Å²) in [6, 6.07) is 18.8. The number of esters is 1. The summed E-state index contributed by atoms with van der Waals surface area (Å²) in [6.45, 7) is 1.83. The van der Waals surface area contributed by atoms with Crippen LogP contribution in [0, 0.1) is 6.92 Å². The van der Waals surface area contributed by atoms with Crippen molar-refractivity contribution in [2.75, 3.05) is 13.7 Å². The van der Waals surface area contributed by atoms with Crippen LogP contribution in [0.5, 0.6) is 17.2 Å². The van der Waals surface area contributed by atoms with E-state index < -0.39 is 5.97 Å². The molecule has 0 amide bonds. The van der Waals surface area contributed by atoms with E-state index in [0.717, 1.165) is 22.1 Å². The molecule has 0 unspecified atom stereocenters. The summed E-state index contributed by atoms with van der Waals surface area (Å²) in [5, 5.41) is 1.99. The lowest BCUT2D eigenvalue weighted by molar-refractivity contribution is -0.136. The molecule has 0 aliphatic heterocycles. The van der Waals surface area contributed by atoms with Crippen molar-refractivity contribution in [2.24, 2.45) is 0 Å². The van der Waals surface area contributed by atoms with Crippen LogP contribution in [0.15, 0.2) is 60.7 Å². The number of hydrogen-bond acceptors (Lipinski definition) is 4. The maximum atomic E-state index is 12.0. The molecule has 0 N–H and O–H groups in total. The van der Waals surface area contributed by atoms with E-state index in [2.05, 4.69) is 0 Å². The Labute approximate surface area is 140 Å². The average Bonchev–Trinajstić information content (AvgIpc) is 2.59. The highest BCUT2D eigenvalue weighted by Gasteiger charge is 2.07. The molecule has 3 rings (SSSR count). The molecule has 0 saturated carbocycles. The lowest BCUT2D eigenvalue weighted by Gasteiger charge is -2.08. The Morgan fingerprint density at radius 3 is 2.38 bits per heavy atom. The first kappa shape index (κ1) is 15.9. The maximum absolute atomic E-state index is 12.0. The fraction of sp³-hybridized carbons (Fsp3) is 0.150. The molecular formula is C20H18O4. The van der Waals surface area contributed by atoms with E-state index in [4.69, 9.17) is 14.2 Å². The van der Waals surface area contributed by atoms with Crippen molar-refractivity contribution in [2.45, 2.75) is 6.92 Å². The molecule has 0 heterocycles. The predicted molar refractivity (Wildman–Crippen MR) is 92.8 cm³/mol. The molecule has 3 aromatic carbocycles. The van der Waals surface area contributed by atoms with Gasteiger partial charge in [-0.3, -0.25) is 0 Å². The van der Waals surface area contributed by atoms with E-state index in [9.17, 15) is 4.79 Å². The molecule has 0 aliphatic carbocycles. The van der Waals surface area contributed by atoms with Gasteiger partial charge in [-0.15, -0.1) is 0 Å². The van der Waals surface area contributed by atoms with E-state index >= 15 is 0 Å². The third-order valence-corrected chi connectivity index (χ3v) is 3.60. The predicted octanol–water partition coefficient (Wildman–Crippen LogP) is 4.14. The van der Waals surface area contributed by atoms with Gasteiger partial charge in [-0.2, -0.15) is 0 Å². The SMILES string of the molecule is COc1ccc2ccc(OC(=O)COc3cccc(C)c3)cc2c1. The fourth-order valence-electron chi connectivity index (χ4n) is 2.40. The zero-order valence-electron chi connectivity index (χ0n) is 13.6. The van der Waals surface area contributed by atoms with Crippen LogP contribution in [0.25, 0.3) is 10.8 Å². The maximum Gasteiger partial charge on any atom is 0.349 e. The Hall–Kier alpha value is -3.01. The molecule has 0 atom stereocenters. The topological polar surface area (TPSA) is 44.8 Å². The van der Waals surface area contributed by atoms with Crippen LogP contribution < -0.4 is 14.2 Å². The van der Waals surface area contributed by atoms with Crippen molar-refractivity contribution >= 4 is 16.7 Å². The molecule has 0 aromatic heterocycles. The van der Waals surface area contributed by atoms with Gasteiger partial charge >= 0.3 is 5.97 Å². The first-order valence-corrected chi connectivity index (χ1v) is 7.62. The van der Waals surface area contributed by atoms with Crippen molar-refractivity contribution in [3.8, 4) is 17.2 Å². The zero-order valence-corrected chi connectivity index (χ0v) is 13.6. The van der Waals surface area contributed by atoms with E-state index in [1.54, 1.807) is 13.2 Å². The van der Waals surface area contributed by atoms with E-state index in [1.165, 1.54) is 0 Å². The second-order valence-corrected chi connectivity index (χ2v) is 5.45. The largest absolute Gasteiger partial charge is 0.497 e. The smallest absolute Gasteiger partial charge is 0.349 e. The summed E-state index contributed by atoms with van der Waals surface area (Å²) < 4.78 is 16.0.